The van der Waals surface area contributed by atoms with Gasteiger partial charge in [0.2, 0.25) is 10.0 Å². The molecule has 0 aliphatic heterocycles. The molecule has 0 bridgehead atoms. The number of benzene rings is 1. The van der Waals surface area contributed by atoms with Crippen molar-refractivity contribution in [3.05, 3.63) is 52.6 Å². The number of hydrogen-bond acceptors (Lipinski definition) is 5. The van der Waals surface area contributed by atoms with Crippen LogP contribution in [0.5, 0.6) is 0 Å². The molecule has 2 rings (SSSR count). The van der Waals surface area contributed by atoms with Gasteiger partial charge in [0.15, 0.2) is 0 Å². The molecular formula is C16H18ClN3O4S. The second-order valence-corrected chi connectivity index (χ2v) is 8.26. The molecule has 0 saturated heterocycles. The van der Waals surface area contributed by atoms with Gasteiger partial charge < -0.3 is 5.11 Å². The van der Waals surface area contributed by atoms with Gasteiger partial charge >= 0.3 is 5.97 Å². The lowest BCUT2D eigenvalue weighted by molar-refractivity contribution is 0.0697. The fraction of sp³-hybridized carbons (Fsp3) is 0.312. The van der Waals surface area contributed by atoms with Crippen LogP contribution in [0.15, 0.2) is 35.5 Å². The van der Waals surface area contributed by atoms with Crippen molar-refractivity contribution < 1.29 is 18.3 Å². The number of aromatic nitrogens is 2. The summed E-state index contributed by atoms with van der Waals surface area (Å²) >= 11 is 5.86. The number of sulfonamides is 1. The van der Waals surface area contributed by atoms with Crippen LogP contribution in [0.25, 0.3) is 0 Å². The zero-order chi connectivity index (χ0) is 18.8. The zero-order valence-corrected chi connectivity index (χ0v) is 15.5. The van der Waals surface area contributed by atoms with E-state index in [4.69, 9.17) is 16.7 Å². The van der Waals surface area contributed by atoms with Crippen molar-refractivity contribution in [3.8, 4) is 0 Å². The minimum absolute atomic E-state index is 0.0790. The Morgan fingerprint density at radius 3 is 2.36 bits per heavy atom. The third-order valence-corrected chi connectivity index (χ3v) is 5.64. The van der Waals surface area contributed by atoms with Gasteiger partial charge in [-0.2, -0.15) is 4.31 Å². The van der Waals surface area contributed by atoms with E-state index in [1.165, 1.54) is 19.2 Å². The van der Waals surface area contributed by atoms with Crippen LogP contribution in [0.4, 0.5) is 0 Å². The van der Waals surface area contributed by atoms with Crippen molar-refractivity contribution in [1.82, 2.24) is 14.3 Å². The summed E-state index contributed by atoms with van der Waals surface area (Å²) in [5, 5.41) is 8.83. The largest absolute Gasteiger partial charge is 0.478 e. The quantitative estimate of drug-likeness (QED) is 0.823. The second kappa shape index (κ2) is 7.47. The lowest BCUT2D eigenvalue weighted by atomic mass is 10.2. The van der Waals surface area contributed by atoms with E-state index in [1.807, 2.05) is 13.8 Å². The summed E-state index contributed by atoms with van der Waals surface area (Å²) in [5.41, 5.74) is 0.490. The van der Waals surface area contributed by atoms with Gasteiger partial charge in [0.05, 0.1) is 15.5 Å². The van der Waals surface area contributed by atoms with E-state index in [1.54, 1.807) is 12.4 Å². The number of carboxylic acid groups (broad SMARTS) is 1. The van der Waals surface area contributed by atoms with Gasteiger partial charge in [-0.1, -0.05) is 25.4 Å². The third kappa shape index (κ3) is 4.33. The molecule has 1 aromatic carbocycles. The van der Waals surface area contributed by atoms with Crippen LogP contribution in [0.3, 0.4) is 0 Å². The van der Waals surface area contributed by atoms with Gasteiger partial charge in [0.1, 0.15) is 5.82 Å². The van der Waals surface area contributed by atoms with Crippen LogP contribution in [0.1, 0.15) is 41.5 Å². The van der Waals surface area contributed by atoms with E-state index in [0.717, 1.165) is 10.4 Å². The first kappa shape index (κ1) is 19.3. The summed E-state index contributed by atoms with van der Waals surface area (Å²) in [6, 6.07) is 3.53. The van der Waals surface area contributed by atoms with Gasteiger partial charge in [0.25, 0.3) is 0 Å². The summed E-state index contributed by atoms with van der Waals surface area (Å²) in [7, 11) is -2.41. The molecular weight excluding hydrogens is 366 g/mol. The standard InChI is InChI=1S/C16H18ClN3O4S/c1-10(2)15-18-7-11(8-19-15)9-20(3)25(23,24)12-4-5-13(16(21)22)14(17)6-12/h4-8,10H,9H2,1-3H3,(H,21,22). The fourth-order valence-corrected chi connectivity index (χ4v) is 3.61. The average molecular weight is 384 g/mol. The Bertz CT molecular complexity index is 883. The molecule has 9 heteroatoms. The monoisotopic (exact) mass is 383 g/mol. The van der Waals surface area contributed by atoms with Gasteiger partial charge in [-0.05, 0) is 18.2 Å². The zero-order valence-electron chi connectivity index (χ0n) is 14.0. The Labute approximate surface area is 151 Å². The van der Waals surface area contributed by atoms with E-state index in [9.17, 15) is 13.2 Å². The third-order valence-electron chi connectivity index (χ3n) is 3.53. The first-order valence-corrected chi connectivity index (χ1v) is 9.24. The molecule has 7 nitrogen and oxygen atoms in total. The molecule has 0 radical (unpaired) electrons. The summed E-state index contributed by atoms with van der Waals surface area (Å²) in [6.07, 6.45) is 3.18. The van der Waals surface area contributed by atoms with E-state index in [-0.39, 0.29) is 27.9 Å². The predicted molar refractivity (Wildman–Crippen MR) is 93.2 cm³/mol. The number of aromatic carboxylic acids is 1. The highest BCUT2D eigenvalue weighted by atomic mass is 35.5. The molecule has 1 heterocycles. The van der Waals surface area contributed by atoms with Crippen molar-refractivity contribution in [1.29, 1.82) is 0 Å². The van der Waals surface area contributed by atoms with E-state index < -0.39 is 16.0 Å². The number of nitrogens with zero attached hydrogens (tertiary/aromatic N) is 3. The molecule has 2 aromatic rings. The van der Waals surface area contributed by atoms with Crippen LogP contribution in [-0.4, -0.2) is 40.8 Å². The summed E-state index contributed by atoms with van der Waals surface area (Å²) < 4.78 is 26.4. The highest BCUT2D eigenvalue weighted by molar-refractivity contribution is 7.89. The van der Waals surface area contributed by atoms with Crippen molar-refractivity contribution in [3.63, 3.8) is 0 Å². The first-order valence-electron chi connectivity index (χ1n) is 7.43. The molecule has 0 amide bonds. The second-order valence-electron chi connectivity index (χ2n) is 5.81. The number of halogens is 1. The maximum atomic E-state index is 12.6. The van der Waals surface area contributed by atoms with Crippen LogP contribution in [-0.2, 0) is 16.6 Å². The van der Waals surface area contributed by atoms with E-state index in [2.05, 4.69) is 9.97 Å². The molecule has 0 spiro atoms. The molecule has 0 aliphatic rings. The molecule has 134 valence electrons. The number of carboxylic acids is 1. The van der Waals surface area contributed by atoms with E-state index in [0.29, 0.717) is 11.4 Å². The Morgan fingerprint density at radius 1 is 1.28 bits per heavy atom. The van der Waals surface area contributed by atoms with Crippen molar-refractivity contribution >= 4 is 27.6 Å². The van der Waals surface area contributed by atoms with Crippen molar-refractivity contribution in [2.45, 2.75) is 31.2 Å². The van der Waals surface area contributed by atoms with Gasteiger partial charge in [0, 0.05) is 37.5 Å². The summed E-state index contributed by atoms with van der Waals surface area (Å²) in [5.74, 6) is -0.347. The number of carbonyl (C=O) groups is 1. The van der Waals surface area contributed by atoms with Crippen molar-refractivity contribution in [2.24, 2.45) is 0 Å². The minimum Gasteiger partial charge on any atom is -0.478 e. The lowest BCUT2D eigenvalue weighted by Crippen LogP contribution is -2.26. The normalized spacial score (nSPS) is 11.9. The van der Waals surface area contributed by atoms with Crippen LogP contribution in [0.2, 0.25) is 5.02 Å². The Hall–Kier alpha value is -2.03. The minimum atomic E-state index is -3.83. The highest BCUT2D eigenvalue weighted by Gasteiger charge is 2.23. The molecule has 25 heavy (non-hydrogen) atoms. The van der Waals surface area contributed by atoms with E-state index >= 15 is 0 Å². The first-order chi connectivity index (χ1) is 11.6. The van der Waals surface area contributed by atoms with Gasteiger partial charge in [-0.3, -0.25) is 0 Å². The summed E-state index contributed by atoms with van der Waals surface area (Å²) in [6.45, 7) is 4.02. The lowest BCUT2D eigenvalue weighted by Gasteiger charge is -2.17. The Kier molecular flexibility index (Phi) is 5.76. The van der Waals surface area contributed by atoms with Crippen LogP contribution in [0, 0.1) is 0 Å². The summed E-state index contributed by atoms with van der Waals surface area (Å²) in [4.78, 5) is 19.3. The molecule has 0 fully saturated rings. The maximum Gasteiger partial charge on any atom is 0.337 e. The molecule has 0 aliphatic carbocycles. The molecule has 0 saturated carbocycles. The maximum absolute atomic E-state index is 12.6. The fourth-order valence-electron chi connectivity index (χ4n) is 2.10. The molecule has 0 unspecified atom stereocenters. The van der Waals surface area contributed by atoms with Gasteiger partial charge in [-0.15, -0.1) is 0 Å². The van der Waals surface area contributed by atoms with Gasteiger partial charge in [-0.25, -0.2) is 23.2 Å². The highest BCUT2D eigenvalue weighted by Crippen LogP contribution is 2.23. The molecule has 1 aromatic heterocycles. The number of rotatable bonds is 6. The Morgan fingerprint density at radius 2 is 1.88 bits per heavy atom. The average Bonchev–Trinajstić information content (AvgIpc) is 2.54. The predicted octanol–water partition coefficient (Wildman–Crippen LogP) is 2.77. The smallest absolute Gasteiger partial charge is 0.337 e. The Balaban J connectivity index is 2.23. The molecule has 0 atom stereocenters. The van der Waals surface area contributed by atoms with Crippen LogP contribution >= 0.6 is 11.6 Å². The SMILES string of the molecule is CC(C)c1ncc(CN(C)S(=O)(=O)c2ccc(C(=O)O)c(Cl)c2)cn1. The van der Waals surface area contributed by atoms with Crippen molar-refractivity contribution in [2.75, 3.05) is 7.05 Å². The van der Waals surface area contributed by atoms with Crippen LogP contribution < -0.4 is 0 Å². The number of hydrogen-bond donors (Lipinski definition) is 1. The molecule has 1 N–H and O–H groups in total. The topological polar surface area (TPSA) is 100 Å².